The Labute approximate surface area is 113 Å². The van der Waals surface area contributed by atoms with Gasteiger partial charge >= 0.3 is 0 Å². The molecule has 0 spiro atoms. The number of aromatic nitrogens is 2. The molecule has 0 bridgehead atoms. The van der Waals surface area contributed by atoms with Gasteiger partial charge in [-0.05, 0) is 31.9 Å². The first-order valence-electron chi connectivity index (χ1n) is 6.18. The molecular formula is C14H18ClN3. The van der Waals surface area contributed by atoms with Gasteiger partial charge in [-0.2, -0.15) is 5.10 Å². The first-order valence-corrected chi connectivity index (χ1v) is 6.56. The van der Waals surface area contributed by atoms with Crippen molar-refractivity contribution >= 4 is 11.6 Å². The first kappa shape index (κ1) is 13.1. The molecule has 1 unspecified atom stereocenters. The van der Waals surface area contributed by atoms with Gasteiger partial charge in [0, 0.05) is 11.6 Å². The summed E-state index contributed by atoms with van der Waals surface area (Å²) >= 11 is 6.41. The number of hydrogen-bond donors (Lipinski definition) is 1. The van der Waals surface area contributed by atoms with E-state index in [-0.39, 0.29) is 6.04 Å². The van der Waals surface area contributed by atoms with E-state index in [1.807, 2.05) is 37.3 Å². The summed E-state index contributed by atoms with van der Waals surface area (Å²) in [4.78, 5) is 0. The van der Waals surface area contributed by atoms with Crippen molar-refractivity contribution in [3.63, 3.8) is 0 Å². The molecule has 1 aromatic heterocycles. The van der Waals surface area contributed by atoms with Crippen LogP contribution >= 0.6 is 11.6 Å². The minimum Gasteiger partial charge on any atom is -0.327 e. The van der Waals surface area contributed by atoms with E-state index in [4.69, 9.17) is 17.3 Å². The molecule has 1 atom stereocenters. The highest BCUT2D eigenvalue weighted by Gasteiger charge is 2.16. The van der Waals surface area contributed by atoms with E-state index >= 15 is 0 Å². The number of rotatable bonds is 4. The number of nitrogens with zero attached hydrogens (tertiary/aromatic N) is 2. The molecule has 18 heavy (non-hydrogen) atoms. The molecule has 0 saturated heterocycles. The number of hydrogen-bond acceptors (Lipinski definition) is 2. The summed E-state index contributed by atoms with van der Waals surface area (Å²) in [6.07, 6.45) is 1.71. The summed E-state index contributed by atoms with van der Waals surface area (Å²) in [7, 11) is 0. The van der Waals surface area contributed by atoms with Crippen LogP contribution in [0.1, 0.15) is 24.6 Å². The Bertz CT molecular complexity index is 519. The topological polar surface area (TPSA) is 43.8 Å². The third-order valence-corrected chi connectivity index (χ3v) is 3.50. The van der Waals surface area contributed by atoms with Gasteiger partial charge in [-0.15, -0.1) is 0 Å². The number of aryl methyl sites for hydroxylation is 1. The highest BCUT2D eigenvalue weighted by atomic mass is 35.5. The van der Waals surface area contributed by atoms with Crippen LogP contribution in [0.5, 0.6) is 0 Å². The van der Waals surface area contributed by atoms with E-state index in [9.17, 15) is 0 Å². The molecule has 1 aromatic carbocycles. The summed E-state index contributed by atoms with van der Waals surface area (Å²) in [6.45, 7) is 4.05. The molecule has 0 amide bonds. The molecule has 0 saturated carbocycles. The third-order valence-electron chi connectivity index (χ3n) is 3.11. The number of para-hydroxylation sites is 1. The summed E-state index contributed by atoms with van der Waals surface area (Å²) in [5.74, 6) is 0. The lowest BCUT2D eigenvalue weighted by Gasteiger charge is -2.08. The predicted molar refractivity (Wildman–Crippen MR) is 75.3 cm³/mol. The Morgan fingerprint density at radius 3 is 2.61 bits per heavy atom. The van der Waals surface area contributed by atoms with Crippen molar-refractivity contribution in [3.05, 3.63) is 46.7 Å². The van der Waals surface area contributed by atoms with Gasteiger partial charge in [-0.3, -0.25) is 0 Å². The van der Waals surface area contributed by atoms with Crippen molar-refractivity contribution < 1.29 is 0 Å². The third kappa shape index (κ3) is 2.57. The lowest BCUT2D eigenvalue weighted by molar-refractivity contribution is 0.644. The highest BCUT2D eigenvalue weighted by Crippen LogP contribution is 2.24. The van der Waals surface area contributed by atoms with Gasteiger partial charge in [0.1, 0.15) is 5.15 Å². The number of halogens is 1. The Kier molecular flexibility index (Phi) is 4.04. The van der Waals surface area contributed by atoms with Crippen LogP contribution in [0.3, 0.4) is 0 Å². The zero-order valence-electron chi connectivity index (χ0n) is 10.7. The molecule has 0 aliphatic carbocycles. The summed E-state index contributed by atoms with van der Waals surface area (Å²) in [5, 5.41) is 5.17. The van der Waals surface area contributed by atoms with Gasteiger partial charge in [0.15, 0.2) is 0 Å². The molecule has 3 nitrogen and oxygen atoms in total. The number of nitrogens with two attached hydrogens (primary N) is 1. The minimum atomic E-state index is 0.134. The second kappa shape index (κ2) is 5.55. The Morgan fingerprint density at radius 1 is 1.33 bits per heavy atom. The van der Waals surface area contributed by atoms with Crippen LogP contribution in [0.2, 0.25) is 5.15 Å². The van der Waals surface area contributed by atoms with Crippen molar-refractivity contribution in [2.24, 2.45) is 5.73 Å². The predicted octanol–water partition coefficient (Wildman–Crippen LogP) is 3.11. The Hall–Kier alpha value is -1.32. The zero-order valence-corrected chi connectivity index (χ0v) is 11.5. The van der Waals surface area contributed by atoms with Gasteiger partial charge in [0.25, 0.3) is 0 Å². The molecule has 2 aromatic rings. The fourth-order valence-corrected chi connectivity index (χ4v) is 2.26. The van der Waals surface area contributed by atoms with Crippen molar-refractivity contribution in [2.45, 2.75) is 32.7 Å². The van der Waals surface area contributed by atoms with E-state index < -0.39 is 0 Å². The van der Waals surface area contributed by atoms with Gasteiger partial charge in [0.2, 0.25) is 0 Å². The minimum absolute atomic E-state index is 0.134. The van der Waals surface area contributed by atoms with E-state index in [0.29, 0.717) is 5.15 Å². The smallest absolute Gasteiger partial charge is 0.136 e. The molecule has 96 valence electrons. The van der Waals surface area contributed by atoms with Crippen LogP contribution in [-0.2, 0) is 6.42 Å². The molecule has 0 fully saturated rings. The average molecular weight is 264 g/mol. The van der Waals surface area contributed by atoms with Crippen molar-refractivity contribution in [1.29, 1.82) is 0 Å². The molecule has 0 aliphatic heterocycles. The largest absolute Gasteiger partial charge is 0.327 e. The quantitative estimate of drug-likeness (QED) is 0.921. The van der Waals surface area contributed by atoms with Crippen LogP contribution in [0.15, 0.2) is 30.3 Å². The average Bonchev–Trinajstić information content (AvgIpc) is 2.67. The lowest BCUT2D eigenvalue weighted by Crippen LogP contribution is -2.21. The highest BCUT2D eigenvalue weighted by molar-refractivity contribution is 6.30. The van der Waals surface area contributed by atoms with E-state index in [0.717, 1.165) is 29.8 Å². The summed E-state index contributed by atoms with van der Waals surface area (Å²) in [5.41, 5.74) is 8.97. The van der Waals surface area contributed by atoms with Crippen LogP contribution in [0, 0.1) is 6.92 Å². The van der Waals surface area contributed by atoms with Crippen molar-refractivity contribution in [1.82, 2.24) is 9.78 Å². The van der Waals surface area contributed by atoms with Crippen LogP contribution in [0.4, 0.5) is 0 Å². The van der Waals surface area contributed by atoms with Gasteiger partial charge in [-0.25, -0.2) is 4.68 Å². The standard InChI is InChI=1S/C14H18ClN3/c1-3-11(16)9-13-10(2)17-18(14(13)15)12-7-5-4-6-8-12/h4-8,11H,3,9,16H2,1-2H3. The van der Waals surface area contributed by atoms with Gasteiger partial charge in [-0.1, -0.05) is 36.7 Å². The SMILES string of the molecule is CCC(N)Cc1c(C)nn(-c2ccccc2)c1Cl. The molecule has 4 heteroatoms. The molecular weight excluding hydrogens is 246 g/mol. The number of benzene rings is 1. The van der Waals surface area contributed by atoms with E-state index in [1.54, 1.807) is 4.68 Å². The first-order chi connectivity index (χ1) is 8.63. The maximum Gasteiger partial charge on any atom is 0.136 e. The van der Waals surface area contributed by atoms with Crippen molar-refractivity contribution in [3.8, 4) is 5.69 Å². The monoisotopic (exact) mass is 263 g/mol. The van der Waals surface area contributed by atoms with Crippen LogP contribution < -0.4 is 5.73 Å². The molecule has 2 N–H and O–H groups in total. The van der Waals surface area contributed by atoms with Crippen LogP contribution in [0.25, 0.3) is 5.69 Å². The second-order valence-electron chi connectivity index (χ2n) is 4.47. The molecule has 0 radical (unpaired) electrons. The maximum atomic E-state index is 6.41. The molecule has 0 aliphatic rings. The normalized spacial score (nSPS) is 12.7. The van der Waals surface area contributed by atoms with E-state index in [1.165, 1.54) is 0 Å². The summed E-state index contributed by atoms with van der Waals surface area (Å²) < 4.78 is 1.77. The van der Waals surface area contributed by atoms with E-state index in [2.05, 4.69) is 12.0 Å². The van der Waals surface area contributed by atoms with Gasteiger partial charge < -0.3 is 5.73 Å². The second-order valence-corrected chi connectivity index (χ2v) is 4.83. The molecule has 1 heterocycles. The fourth-order valence-electron chi connectivity index (χ4n) is 1.91. The lowest BCUT2D eigenvalue weighted by atomic mass is 10.1. The Morgan fingerprint density at radius 2 is 2.00 bits per heavy atom. The Balaban J connectivity index is 2.38. The van der Waals surface area contributed by atoms with Crippen LogP contribution in [-0.4, -0.2) is 15.8 Å². The zero-order chi connectivity index (χ0) is 13.1. The van der Waals surface area contributed by atoms with Gasteiger partial charge in [0.05, 0.1) is 11.4 Å². The summed E-state index contributed by atoms with van der Waals surface area (Å²) in [6, 6.07) is 10.0. The van der Waals surface area contributed by atoms with Crippen molar-refractivity contribution in [2.75, 3.05) is 0 Å². The fraction of sp³-hybridized carbons (Fsp3) is 0.357. The maximum absolute atomic E-state index is 6.41. The molecule has 2 rings (SSSR count).